The van der Waals surface area contributed by atoms with Gasteiger partial charge in [0.1, 0.15) is 5.75 Å². The van der Waals surface area contributed by atoms with E-state index in [2.05, 4.69) is 15.2 Å². The molecule has 0 bridgehead atoms. The third-order valence-corrected chi connectivity index (χ3v) is 4.89. The molecule has 1 amide bonds. The largest absolute Gasteiger partial charge is 0.495 e. The van der Waals surface area contributed by atoms with Crippen LogP contribution in [0.4, 0.5) is 5.69 Å². The van der Waals surface area contributed by atoms with Crippen LogP contribution in [0, 0.1) is 0 Å². The van der Waals surface area contributed by atoms with Crippen LogP contribution in [0.2, 0.25) is 5.02 Å². The summed E-state index contributed by atoms with van der Waals surface area (Å²) >= 11 is 6.03. The number of aromatic nitrogens is 1. The summed E-state index contributed by atoms with van der Waals surface area (Å²) in [5, 5.41) is 3.87. The smallest absolute Gasteiger partial charge is 0.224 e. The number of hydrogen-bond donors (Lipinski definition) is 1. The van der Waals surface area contributed by atoms with Crippen LogP contribution >= 0.6 is 11.6 Å². The second-order valence-corrected chi connectivity index (χ2v) is 6.94. The van der Waals surface area contributed by atoms with Crippen LogP contribution in [-0.4, -0.2) is 60.5 Å². The van der Waals surface area contributed by atoms with Gasteiger partial charge < -0.3 is 15.0 Å². The summed E-state index contributed by atoms with van der Waals surface area (Å²) in [5.74, 6) is 0.885. The lowest BCUT2D eigenvalue weighted by Crippen LogP contribution is -2.48. The van der Waals surface area contributed by atoms with Gasteiger partial charge in [-0.05, 0) is 30.3 Å². The molecular formula is C20H25ClN4O2. The van der Waals surface area contributed by atoms with Crippen LogP contribution in [0.25, 0.3) is 0 Å². The molecule has 7 heteroatoms. The normalized spacial score (nSPS) is 14.8. The zero-order chi connectivity index (χ0) is 19.1. The van der Waals surface area contributed by atoms with Crippen LogP contribution in [-0.2, 0) is 11.3 Å². The fraction of sp³-hybridized carbons (Fsp3) is 0.400. The predicted molar refractivity (Wildman–Crippen MR) is 107 cm³/mol. The number of amides is 1. The molecule has 1 aromatic heterocycles. The maximum absolute atomic E-state index is 12.5. The lowest BCUT2D eigenvalue weighted by Gasteiger charge is -2.34. The van der Waals surface area contributed by atoms with E-state index in [-0.39, 0.29) is 5.91 Å². The topological polar surface area (TPSA) is 57.7 Å². The Morgan fingerprint density at radius 3 is 2.74 bits per heavy atom. The van der Waals surface area contributed by atoms with Gasteiger partial charge in [-0.3, -0.25) is 14.7 Å². The molecule has 1 saturated heterocycles. The standard InChI is InChI=1S/C20H25ClN4O2/c1-27-19-6-5-16(21)14-18(19)23-9-7-20(26)25-12-10-24(11-13-25)15-17-4-2-3-8-22-17/h2-6,8,14,23H,7,9-13,15H2,1H3. The molecule has 2 aromatic rings. The Morgan fingerprint density at radius 2 is 2.04 bits per heavy atom. The fourth-order valence-electron chi connectivity index (χ4n) is 3.16. The van der Waals surface area contributed by atoms with Crippen molar-refractivity contribution in [3.05, 3.63) is 53.3 Å². The Hall–Kier alpha value is -2.31. The van der Waals surface area contributed by atoms with Gasteiger partial charge in [-0.2, -0.15) is 0 Å². The molecule has 1 aromatic carbocycles. The number of benzene rings is 1. The maximum atomic E-state index is 12.5. The SMILES string of the molecule is COc1ccc(Cl)cc1NCCC(=O)N1CCN(Cc2ccccn2)CC1. The maximum Gasteiger partial charge on any atom is 0.224 e. The second-order valence-electron chi connectivity index (χ2n) is 6.50. The summed E-state index contributed by atoms with van der Waals surface area (Å²) in [6.07, 6.45) is 2.26. The first-order valence-electron chi connectivity index (χ1n) is 9.13. The first-order valence-corrected chi connectivity index (χ1v) is 9.51. The summed E-state index contributed by atoms with van der Waals surface area (Å²) in [6, 6.07) is 11.4. The second kappa shape index (κ2) is 9.58. The van der Waals surface area contributed by atoms with Gasteiger partial charge in [-0.15, -0.1) is 0 Å². The van der Waals surface area contributed by atoms with Crippen LogP contribution < -0.4 is 10.1 Å². The summed E-state index contributed by atoms with van der Waals surface area (Å²) in [5.41, 5.74) is 1.87. The Balaban J connectivity index is 1.41. The van der Waals surface area contributed by atoms with E-state index in [9.17, 15) is 4.79 Å². The van der Waals surface area contributed by atoms with Gasteiger partial charge in [-0.25, -0.2) is 0 Å². The lowest BCUT2D eigenvalue weighted by atomic mass is 10.2. The van der Waals surface area contributed by atoms with Crippen LogP contribution in [0.3, 0.4) is 0 Å². The molecular weight excluding hydrogens is 364 g/mol. The average molecular weight is 389 g/mol. The van der Waals surface area contributed by atoms with Gasteiger partial charge in [-0.1, -0.05) is 17.7 Å². The van der Waals surface area contributed by atoms with Crippen molar-refractivity contribution in [2.45, 2.75) is 13.0 Å². The molecule has 1 fully saturated rings. The van der Waals surface area contributed by atoms with Crippen molar-refractivity contribution >= 4 is 23.2 Å². The number of ether oxygens (including phenoxy) is 1. The van der Waals surface area contributed by atoms with Crippen molar-refractivity contribution in [3.63, 3.8) is 0 Å². The van der Waals surface area contributed by atoms with E-state index >= 15 is 0 Å². The quantitative estimate of drug-likeness (QED) is 0.790. The number of pyridine rings is 1. The molecule has 3 rings (SSSR count). The molecule has 1 N–H and O–H groups in total. The summed E-state index contributed by atoms with van der Waals surface area (Å²) in [4.78, 5) is 21.1. The van der Waals surface area contributed by atoms with Crippen LogP contribution in [0.5, 0.6) is 5.75 Å². The third kappa shape index (κ3) is 5.58. The Labute approximate surface area is 165 Å². The molecule has 144 valence electrons. The van der Waals surface area contributed by atoms with E-state index in [0.29, 0.717) is 18.0 Å². The Bertz CT molecular complexity index is 749. The number of piperazine rings is 1. The van der Waals surface area contributed by atoms with Gasteiger partial charge >= 0.3 is 0 Å². The lowest BCUT2D eigenvalue weighted by molar-refractivity contribution is -0.132. The molecule has 0 saturated carbocycles. The van der Waals surface area contributed by atoms with Gasteiger partial charge in [0.15, 0.2) is 0 Å². The van der Waals surface area contributed by atoms with E-state index in [1.807, 2.05) is 35.4 Å². The first-order chi connectivity index (χ1) is 13.2. The number of methoxy groups -OCH3 is 1. The number of hydrogen-bond acceptors (Lipinski definition) is 5. The molecule has 1 aliphatic rings. The van der Waals surface area contributed by atoms with Crippen molar-refractivity contribution in [2.75, 3.05) is 45.2 Å². The number of rotatable bonds is 7. The molecule has 0 radical (unpaired) electrons. The highest BCUT2D eigenvalue weighted by Crippen LogP contribution is 2.27. The van der Waals surface area contributed by atoms with E-state index in [4.69, 9.17) is 16.3 Å². The summed E-state index contributed by atoms with van der Waals surface area (Å²) < 4.78 is 5.31. The van der Waals surface area contributed by atoms with Gasteiger partial charge in [0.05, 0.1) is 18.5 Å². The van der Waals surface area contributed by atoms with Crippen molar-refractivity contribution in [1.82, 2.24) is 14.8 Å². The number of carbonyl (C=O) groups is 1. The van der Waals surface area contributed by atoms with E-state index < -0.39 is 0 Å². The van der Waals surface area contributed by atoms with E-state index in [1.54, 1.807) is 19.2 Å². The number of anilines is 1. The van der Waals surface area contributed by atoms with Crippen molar-refractivity contribution < 1.29 is 9.53 Å². The van der Waals surface area contributed by atoms with Crippen molar-refractivity contribution in [1.29, 1.82) is 0 Å². The summed E-state index contributed by atoms with van der Waals surface area (Å²) in [6.45, 7) is 4.64. The van der Waals surface area contributed by atoms with E-state index in [1.165, 1.54) is 0 Å². The molecule has 0 atom stereocenters. The van der Waals surface area contributed by atoms with Crippen LogP contribution in [0.1, 0.15) is 12.1 Å². The predicted octanol–water partition coefficient (Wildman–Crippen LogP) is 2.89. The number of halogens is 1. The average Bonchev–Trinajstić information content (AvgIpc) is 2.69. The van der Waals surface area contributed by atoms with Crippen molar-refractivity contribution in [2.24, 2.45) is 0 Å². The van der Waals surface area contributed by atoms with Crippen LogP contribution in [0.15, 0.2) is 42.6 Å². The molecule has 0 spiro atoms. The molecule has 27 heavy (non-hydrogen) atoms. The minimum atomic E-state index is 0.168. The monoisotopic (exact) mass is 388 g/mol. The zero-order valence-corrected chi connectivity index (χ0v) is 16.3. The third-order valence-electron chi connectivity index (χ3n) is 4.65. The molecule has 6 nitrogen and oxygen atoms in total. The molecule has 0 aliphatic carbocycles. The Morgan fingerprint density at radius 1 is 1.22 bits per heavy atom. The minimum absolute atomic E-state index is 0.168. The Kier molecular flexibility index (Phi) is 6.90. The minimum Gasteiger partial charge on any atom is -0.495 e. The highest BCUT2D eigenvalue weighted by Gasteiger charge is 2.21. The number of nitrogens with one attached hydrogen (secondary N) is 1. The molecule has 0 unspecified atom stereocenters. The van der Waals surface area contributed by atoms with Crippen molar-refractivity contribution in [3.8, 4) is 5.75 Å². The van der Waals surface area contributed by atoms with Gasteiger partial charge in [0, 0.05) is 56.9 Å². The van der Waals surface area contributed by atoms with Gasteiger partial charge in [0.2, 0.25) is 5.91 Å². The van der Waals surface area contributed by atoms with Gasteiger partial charge in [0.25, 0.3) is 0 Å². The summed E-state index contributed by atoms with van der Waals surface area (Å²) in [7, 11) is 1.62. The molecule has 1 aliphatic heterocycles. The first kappa shape index (κ1) is 19.5. The number of nitrogens with zero attached hydrogens (tertiary/aromatic N) is 3. The fourth-order valence-corrected chi connectivity index (χ4v) is 3.33. The van der Waals surface area contributed by atoms with E-state index in [0.717, 1.165) is 49.9 Å². The number of carbonyl (C=O) groups excluding carboxylic acids is 1. The molecule has 2 heterocycles. The highest BCUT2D eigenvalue weighted by molar-refractivity contribution is 6.30. The highest BCUT2D eigenvalue weighted by atomic mass is 35.5. The zero-order valence-electron chi connectivity index (χ0n) is 15.5.